The summed E-state index contributed by atoms with van der Waals surface area (Å²) in [6.07, 6.45) is -0.208. The van der Waals surface area contributed by atoms with Gasteiger partial charge in [0.25, 0.3) is 0 Å². The van der Waals surface area contributed by atoms with Crippen molar-refractivity contribution in [2.75, 3.05) is 44.9 Å². The Labute approximate surface area is 185 Å². The highest BCUT2D eigenvalue weighted by Crippen LogP contribution is 2.30. The molecule has 3 aromatic rings. The number of halogens is 1. The maximum absolute atomic E-state index is 14.1. The van der Waals surface area contributed by atoms with Crippen molar-refractivity contribution in [3.8, 4) is 5.75 Å². The number of likely N-dealkylation sites (N-methyl/N-ethyl adjacent to an activating group) is 1. The summed E-state index contributed by atoms with van der Waals surface area (Å²) in [5.41, 5.74) is 0.205. The van der Waals surface area contributed by atoms with Crippen LogP contribution in [0.5, 0.6) is 5.75 Å². The summed E-state index contributed by atoms with van der Waals surface area (Å²) < 4.78 is 45.1. The van der Waals surface area contributed by atoms with Gasteiger partial charge in [0, 0.05) is 19.5 Å². The molecule has 1 amide bonds. The first-order valence-corrected chi connectivity index (χ1v) is 12.0. The molecule has 166 valence electrons. The van der Waals surface area contributed by atoms with Gasteiger partial charge in [0.2, 0.25) is 5.91 Å². The lowest BCUT2D eigenvalue weighted by Gasteiger charge is -2.22. The summed E-state index contributed by atoms with van der Waals surface area (Å²) in [5, 5.41) is 0.355. The van der Waals surface area contributed by atoms with E-state index >= 15 is 0 Å². The Bertz CT molecular complexity index is 1160. The summed E-state index contributed by atoms with van der Waals surface area (Å²) >= 11 is 1.21. The number of amides is 1. The fourth-order valence-corrected chi connectivity index (χ4v) is 5.16. The van der Waals surface area contributed by atoms with Gasteiger partial charge in [-0.3, -0.25) is 9.69 Å². The highest BCUT2D eigenvalue weighted by atomic mass is 32.2. The molecule has 2 aromatic carbocycles. The number of hydrogen-bond acceptors (Lipinski definition) is 7. The van der Waals surface area contributed by atoms with Gasteiger partial charge in [0.15, 0.2) is 15.0 Å². The van der Waals surface area contributed by atoms with Crippen LogP contribution in [0.4, 0.5) is 9.52 Å². The van der Waals surface area contributed by atoms with Gasteiger partial charge >= 0.3 is 0 Å². The maximum atomic E-state index is 14.1. The molecule has 0 unspecified atom stereocenters. The van der Waals surface area contributed by atoms with Crippen LogP contribution in [0.3, 0.4) is 0 Å². The Morgan fingerprint density at radius 3 is 2.45 bits per heavy atom. The molecular formula is C21H24FN3O4S2. The van der Waals surface area contributed by atoms with Gasteiger partial charge in [-0.15, -0.1) is 0 Å². The summed E-state index contributed by atoms with van der Waals surface area (Å²) in [6.45, 7) is 0.866. The predicted octanol–water partition coefficient (Wildman–Crippen LogP) is 3.20. The SMILES string of the molecule is COc1ccc(S(=O)(=O)CCC(=O)N(CCN(C)C)c2nc3c(F)cccc3s2)cc1. The van der Waals surface area contributed by atoms with Crippen molar-refractivity contribution in [1.29, 1.82) is 0 Å². The van der Waals surface area contributed by atoms with E-state index in [-0.39, 0.29) is 28.5 Å². The number of thiazole rings is 1. The van der Waals surface area contributed by atoms with E-state index in [2.05, 4.69) is 4.98 Å². The number of para-hydroxylation sites is 1. The first-order valence-electron chi connectivity index (χ1n) is 9.58. The molecule has 0 N–H and O–H groups in total. The van der Waals surface area contributed by atoms with Crippen LogP contribution >= 0.6 is 11.3 Å². The zero-order valence-corrected chi connectivity index (χ0v) is 19.2. The Hall–Kier alpha value is -2.56. The number of benzene rings is 2. The minimum Gasteiger partial charge on any atom is -0.497 e. The molecule has 0 aliphatic rings. The van der Waals surface area contributed by atoms with Gasteiger partial charge in [-0.05, 0) is 50.5 Å². The van der Waals surface area contributed by atoms with Crippen molar-refractivity contribution in [3.05, 3.63) is 48.3 Å². The number of sulfone groups is 1. The van der Waals surface area contributed by atoms with E-state index in [1.807, 2.05) is 19.0 Å². The van der Waals surface area contributed by atoms with Crippen LogP contribution in [-0.2, 0) is 14.6 Å². The Kier molecular flexibility index (Phi) is 7.24. The second kappa shape index (κ2) is 9.71. The molecule has 7 nitrogen and oxygen atoms in total. The number of hydrogen-bond donors (Lipinski definition) is 0. The fraction of sp³-hybridized carbons (Fsp3) is 0.333. The van der Waals surface area contributed by atoms with Gasteiger partial charge in [-0.1, -0.05) is 17.4 Å². The quantitative estimate of drug-likeness (QED) is 0.483. The van der Waals surface area contributed by atoms with Gasteiger partial charge in [-0.25, -0.2) is 17.8 Å². The van der Waals surface area contributed by atoms with Gasteiger partial charge in [-0.2, -0.15) is 0 Å². The standard InChI is InChI=1S/C21H24FN3O4S2/c1-24(2)12-13-25(21-23-20-17(22)5-4-6-18(20)30-21)19(26)11-14-31(27,28)16-9-7-15(29-3)8-10-16/h4-10H,11-14H2,1-3H3. The molecular weight excluding hydrogens is 441 g/mol. The van der Waals surface area contributed by atoms with Crippen LogP contribution in [-0.4, -0.2) is 64.3 Å². The van der Waals surface area contributed by atoms with Crippen LogP contribution in [0.2, 0.25) is 0 Å². The molecule has 0 saturated heterocycles. The second-order valence-electron chi connectivity index (χ2n) is 7.18. The topological polar surface area (TPSA) is 79.8 Å². The third-order valence-corrected chi connectivity index (χ3v) is 7.44. The minimum absolute atomic E-state index is 0.128. The molecule has 0 aliphatic heterocycles. The summed E-state index contributed by atoms with van der Waals surface area (Å²) in [4.78, 5) is 20.8. The number of rotatable bonds is 9. The number of ether oxygens (including phenoxy) is 1. The zero-order chi connectivity index (χ0) is 22.6. The van der Waals surface area contributed by atoms with Crippen LogP contribution in [0, 0.1) is 5.82 Å². The molecule has 10 heteroatoms. The Morgan fingerprint density at radius 2 is 1.84 bits per heavy atom. The van der Waals surface area contributed by atoms with E-state index in [9.17, 15) is 17.6 Å². The second-order valence-corrected chi connectivity index (χ2v) is 10.3. The summed E-state index contributed by atoms with van der Waals surface area (Å²) in [5.74, 6) is -0.621. The number of aromatic nitrogens is 1. The van der Waals surface area contributed by atoms with E-state index < -0.39 is 15.7 Å². The molecule has 3 rings (SSSR count). The molecule has 1 heterocycles. The van der Waals surface area contributed by atoms with Crippen LogP contribution in [0.15, 0.2) is 47.4 Å². The number of carbonyl (C=O) groups is 1. The van der Waals surface area contributed by atoms with Crippen molar-refractivity contribution in [2.24, 2.45) is 0 Å². The highest BCUT2D eigenvalue weighted by Gasteiger charge is 2.24. The minimum atomic E-state index is -3.65. The average Bonchev–Trinajstić information content (AvgIpc) is 3.17. The van der Waals surface area contributed by atoms with Crippen molar-refractivity contribution in [2.45, 2.75) is 11.3 Å². The largest absolute Gasteiger partial charge is 0.497 e. The van der Waals surface area contributed by atoms with Gasteiger partial charge in [0.05, 0.1) is 22.5 Å². The number of nitrogens with zero attached hydrogens (tertiary/aromatic N) is 3. The molecule has 0 atom stereocenters. The number of methoxy groups -OCH3 is 1. The van der Waals surface area contributed by atoms with E-state index in [0.29, 0.717) is 28.7 Å². The van der Waals surface area contributed by atoms with E-state index in [0.717, 1.165) is 0 Å². The Morgan fingerprint density at radius 1 is 1.13 bits per heavy atom. The summed E-state index contributed by atoms with van der Waals surface area (Å²) in [7, 11) is 1.59. The third-order valence-electron chi connectivity index (χ3n) is 4.66. The smallest absolute Gasteiger partial charge is 0.229 e. The van der Waals surface area contributed by atoms with Crippen LogP contribution in [0.25, 0.3) is 10.2 Å². The van der Waals surface area contributed by atoms with Crippen molar-refractivity contribution < 1.29 is 22.3 Å². The molecule has 31 heavy (non-hydrogen) atoms. The monoisotopic (exact) mass is 465 g/mol. The van der Waals surface area contributed by atoms with Crippen molar-refractivity contribution in [3.63, 3.8) is 0 Å². The third kappa shape index (κ3) is 5.57. The summed E-state index contributed by atoms with van der Waals surface area (Å²) in [6, 6.07) is 10.7. The van der Waals surface area contributed by atoms with E-state index in [4.69, 9.17) is 4.74 Å². The lowest BCUT2D eigenvalue weighted by Crippen LogP contribution is -2.37. The normalized spacial score (nSPS) is 11.8. The molecule has 1 aromatic heterocycles. The number of fused-ring (bicyclic) bond motifs is 1. The molecule has 0 aliphatic carbocycles. The van der Waals surface area contributed by atoms with E-state index in [1.165, 1.54) is 41.5 Å². The average molecular weight is 466 g/mol. The maximum Gasteiger partial charge on any atom is 0.229 e. The lowest BCUT2D eigenvalue weighted by molar-refractivity contribution is -0.118. The van der Waals surface area contributed by atoms with E-state index in [1.54, 1.807) is 24.3 Å². The van der Waals surface area contributed by atoms with Crippen molar-refractivity contribution >= 4 is 42.4 Å². The zero-order valence-electron chi connectivity index (χ0n) is 17.5. The number of carbonyl (C=O) groups excluding carboxylic acids is 1. The Balaban J connectivity index is 1.80. The first-order chi connectivity index (χ1) is 14.7. The molecule has 0 bridgehead atoms. The molecule has 0 fully saturated rings. The fourth-order valence-electron chi connectivity index (χ4n) is 2.90. The lowest BCUT2D eigenvalue weighted by atomic mass is 10.3. The predicted molar refractivity (Wildman–Crippen MR) is 120 cm³/mol. The van der Waals surface area contributed by atoms with Crippen LogP contribution < -0.4 is 9.64 Å². The molecule has 0 radical (unpaired) electrons. The van der Waals surface area contributed by atoms with Gasteiger partial charge < -0.3 is 9.64 Å². The van der Waals surface area contributed by atoms with Crippen LogP contribution in [0.1, 0.15) is 6.42 Å². The number of anilines is 1. The molecule has 0 saturated carbocycles. The van der Waals surface area contributed by atoms with Crippen molar-refractivity contribution in [1.82, 2.24) is 9.88 Å². The highest BCUT2D eigenvalue weighted by molar-refractivity contribution is 7.91. The molecule has 0 spiro atoms. The van der Waals surface area contributed by atoms with Gasteiger partial charge in [0.1, 0.15) is 17.1 Å². The first kappa shape index (κ1) is 23.1.